The topological polar surface area (TPSA) is 76.7 Å². The second-order valence-electron chi connectivity index (χ2n) is 5.52. The predicted molar refractivity (Wildman–Crippen MR) is 94.5 cm³/mol. The van der Waals surface area contributed by atoms with Crippen molar-refractivity contribution in [1.29, 1.82) is 0 Å². The fraction of sp³-hybridized carbons (Fsp3) is 0.263. The molecule has 26 heavy (non-hydrogen) atoms. The van der Waals surface area contributed by atoms with Gasteiger partial charge in [0, 0.05) is 5.56 Å². The molecule has 2 aromatic rings. The van der Waals surface area contributed by atoms with Gasteiger partial charge in [0.25, 0.3) is 5.91 Å². The molecule has 2 N–H and O–H groups in total. The van der Waals surface area contributed by atoms with Crippen LogP contribution in [0.4, 0.5) is 4.39 Å². The van der Waals surface area contributed by atoms with Gasteiger partial charge in [0.2, 0.25) is 5.91 Å². The largest absolute Gasteiger partial charge is 0.493 e. The van der Waals surface area contributed by atoms with Crippen LogP contribution in [0.15, 0.2) is 42.5 Å². The molecule has 0 aliphatic heterocycles. The number of hydrazine groups is 1. The summed E-state index contributed by atoms with van der Waals surface area (Å²) in [5.41, 5.74) is 5.43. The number of halogens is 1. The Morgan fingerprint density at radius 1 is 1.08 bits per heavy atom. The second kappa shape index (κ2) is 9.41. The van der Waals surface area contributed by atoms with Crippen molar-refractivity contribution in [2.75, 3.05) is 13.7 Å². The van der Waals surface area contributed by atoms with Gasteiger partial charge in [-0.15, -0.1) is 0 Å². The van der Waals surface area contributed by atoms with E-state index in [1.807, 2.05) is 6.92 Å². The fourth-order valence-corrected chi connectivity index (χ4v) is 2.22. The number of hydrogen-bond acceptors (Lipinski definition) is 4. The molecule has 0 saturated carbocycles. The van der Waals surface area contributed by atoms with Crippen molar-refractivity contribution < 1.29 is 23.5 Å². The molecule has 2 aromatic carbocycles. The molecule has 0 unspecified atom stereocenters. The van der Waals surface area contributed by atoms with Crippen LogP contribution in [0.5, 0.6) is 11.5 Å². The molecule has 0 heterocycles. The lowest BCUT2D eigenvalue weighted by atomic mass is 10.1. The molecular formula is C19H21FN2O4. The third kappa shape index (κ3) is 5.47. The van der Waals surface area contributed by atoms with Gasteiger partial charge in [0.1, 0.15) is 5.82 Å². The van der Waals surface area contributed by atoms with Crippen molar-refractivity contribution in [3.05, 3.63) is 59.4 Å². The van der Waals surface area contributed by atoms with E-state index < -0.39 is 17.6 Å². The lowest BCUT2D eigenvalue weighted by molar-refractivity contribution is -0.121. The summed E-state index contributed by atoms with van der Waals surface area (Å²) in [4.78, 5) is 24.0. The average Bonchev–Trinajstić information content (AvgIpc) is 2.64. The zero-order valence-electron chi connectivity index (χ0n) is 14.7. The van der Waals surface area contributed by atoms with Crippen molar-refractivity contribution >= 4 is 11.8 Å². The van der Waals surface area contributed by atoms with Gasteiger partial charge in [-0.3, -0.25) is 20.4 Å². The SMILES string of the molecule is CCCOc1ccc(C(=O)NNC(=O)Cc2cccc(F)c2)cc1OC. The van der Waals surface area contributed by atoms with E-state index in [0.717, 1.165) is 6.42 Å². The van der Waals surface area contributed by atoms with E-state index in [9.17, 15) is 14.0 Å². The third-order valence-corrected chi connectivity index (χ3v) is 3.46. The van der Waals surface area contributed by atoms with Crippen LogP contribution in [-0.2, 0) is 11.2 Å². The van der Waals surface area contributed by atoms with Gasteiger partial charge in [-0.1, -0.05) is 19.1 Å². The third-order valence-electron chi connectivity index (χ3n) is 3.46. The average molecular weight is 360 g/mol. The van der Waals surface area contributed by atoms with Crippen LogP contribution in [0.25, 0.3) is 0 Å². The smallest absolute Gasteiger partial charge is 0.269 e. The summed E-state index contributed by atoms with van der Waals surface area (Å²) in [6.45, 7) is 2.53. The number of carbonyl (C=O) groups is 2. The second-order valence-corrected chi connectivity index (χ2v) is 5.52. The molecule has 0 aliphatic rings. The molecule has 0 saturated heterocycles. The molecule has 0 radical (unpaired) electrons. The molecule has 0 fully saturated rings. The highest BCUT2D eigenvalue weighted by Crippen LogP contribution is 2.28. The molecule has 2 rings (SSSR count). The number of rotatable bonds is 7. The van der Waals surface area contributed by atoms with Gasteiger partial charge in [-0.2, -0.15) is 0 Å². The molecule has 7 heteroatoms. The zero-order chi connectivity index (χ0) is 18.9. The Bertz CT molecular complexity index is 780. The Morgan fingerprint density at radius 2 is 1.88 bits per heavy atom. The van der Waals surface area contributed by atoms with Crippen LogP contribution in [0.1, 0.15) is 29.3 Å². The molecule has 6 nitrogen and oxygen atoms in total. The minimum absolute atomic E-state index is 0.0504. The maximum absolute atomic E-state index is 13.1. The minimum Gasteiger partial charge on any atom is -0.493 e. The minimum atomic E-state index is -0.502. The van der Waals surface area contributed by atoms with Crippen LogP contribution in [0, 0.1) is 5.82 Å². The van der Waals surface area contributed by atoms with Gasteiger partial charge in [0.05, 0.1) is 20.1 Å². The van der Waals surface area contributed by atoms with Crippen molar-refractivity contribution in [3.63, 3.8) is 0 Å². The molecular weight excluding hydrogens is 339 g/mol. The van der Waals surface area contributed by atoms with Crippen molar-refractivity contribution in [3.8, 4) is 11.5 Å². The van der Waals surface area contributed by atoms with E-state index in [2.05, 4.69) is 10.9 Å². The van der Waals surface area contributed by atoms with E-state index in [4.69, 9.17) is 9.47 Å². The molecule has 0 aliphatic carbocycles. The van der Waals surface area contributed by atoms with Gasteiger partial charge in [0.15, 0.2) is 11.5 Å². The lowest BCUT2D eigenvalue weighted by Gasteiger charge is -2.12. The quantitative estimate of drug-likeness (QED) is 0.744. The molecule has 0 bridgehead atoms. The zero-order valence-corrected chi connectivity index (χ0v) is 14.7. The summed E-state index contributed by atoms with van der Waals surface area (Å²) < 4.78 is 23.9. The standard InChI is InChI=1S/C19H21FN2O4/c1-3-9-26-16-8-7-14(12-17(16)25-2)19(24)22-21-18(23)11-13-5-4-6-15(20)10-13/h4-8,10,12H,3,9,11H2,1-2H3,(H,21,23)(H,22,24). The monoisotopic (exact) mass is 360 g/mol. The number of nitrogens with one attached hydrogen (secondary N) is 2. The predicted octanol–water partition coefficient (Wildman–Crippen LogP) is 2.63. The summed E-state index contributed by atoms with van der Waals surface area (Å²) >= 11 is 0. The molecule has 0 aromatic heterocycles. The Balaban J connectivity index is 1.93. The van der Waals surface area contributed by atoms with E-state index >= 15 is 0 Å². The Hall–Kier alpha value is -3.09. The summed E-state index contributed by atoms with van der Waals surface area (Å²) in [6.07, 6.45) is 0.799. The van der Waals surface area contributed by atoms with E-state index in [1.165, 1.54) is 31.4 Å². The molecule has 0 spiro atoms. The highest BCUT2D eigenvalue weighted by molar-refractivity contribution is 5.96. The Labute approximate surface area is 151 Å². The highest BCUT2D eigenvalue weighted by Gasteiger charge is 2.12. The van der Waals surface area contributed by atoms with Crippen LogP contribution >= 0.6 is 0 Å². The summed E-state index contributed by atoms with van der Waals surface area (Å²) in [7, 11) is 1.48. The first kappa shape index (κ1) is 19.2. The lowest BCUT2D eigenvalue weighted by Crippen LogP contribution is -2.42. The number of hydrogen-bond donors (Lipinski definition) is 2. The number of amides is 2. The van der Waals surface area contributed by atoms with E-state index in [-0.39, 0.29) is 6.42 Å². The van der Waals surface area contributed by atoms with Crippen LogP contribution in [-0.4, -0.2) is 25.5 Å². The fourth-order valence-electron chi connectivity index (χ4n) is 2.22. The molecule has 2 amide bonds. The van der Waals surface area contributed by atoms with Crippen molar-refractivity contribution in [2.45, 2.75) is 19.8 Å². The molecule has 0 atom stereocenters. The van der Waals surface area contributed by atoms with Crippen LogP contribution < -0.4 is 20.3 Å². The van der Waals surface area contributed by atoms with Crippen LogP contribution in [0.2, 0.25) is 0 Å². The number of ether oxygens (including phenoxy) is 2. The molecule has 138 valence electrons. The van der Waals surface area contributed by atoms with Gasteiger partial charge in [-0.25, -0.2) is 4.39 Å². The number of methoxy groups -OCH3 is 1. The first-order valence-corrected chi connectivity index (χ1v) is 8.18. The maximum atomic E-state index is 13.1. The first-order chi connectivity index (χ1) is 12.5. The normalized spacial score (nSPS) is 10.1. The number of carbonyl (C=O) groups excluding carboxylic acids is 2. The van der Waals surface area contributed by atoms with Crippen LogP contribution in [0.3, 0.4) is 0 Å². The van der Waals surface area contributed by atoms with Gasteiger partial charge >= 0.3 is 0 Å². The van der Waals surface area contributed by atoms with E-state index in [1.54, 1.807) is 18.2 Å². The summed E-state index contributed by atoms with van der Waals surface area (Å²) in [6, 6.07) is 10.4. The summed E-state index contributed by atoms with van der Waals surface area (Å²) in [5, 5.41) is 0. The summed E-state index contributed by atoms with van der Waals surface area (Å²) in [5.74, 6) is -0.410. The van der Waals surface area contributed by atoms with E-state index in [0.29, 0.717) is 29.2 Å². The van der Waals surface area contributed by atoms with Crippen molar-refractivity contribution in [2.24, 2.45) is 0 Å². The first-order valence-electron chi connectivity index (χ1n) is 8.18. The highest BCUT2D eigenvalue weighted by atomic mass is 19.1. The van der Waals surface area contributed by atoms with Crippen molar-refractivity contribution in [1.82, 2.24) is 10.9 Å². The maximum Gasteiger partial charge on any atom is 0.269 e. The Morgan fingerprint density at radius 3 is 2.58 bits per heavy atom. The van der Waals surface area contributed by atoms with Gasteiger partial charge < -0.3 is 9.47 Å². The Kier molecular flexibility index (Phi) is 6.96. The van der Waals surface area contributed by atoms with Gasteiger partial charge in [-0.05, 0) is 42.3 Å². The number of benzene rings is 2.